The maximum Gasteiger partial charge on any atom is 0.149 e. The number of fused-ring (bicyclic) bond motifs is 3. The summed E-state index contributed by atoms with van der Waals surface area (Å²) in [7, 11) is 0. The van der Waals surface area contributed by atoms with Crippen molar-refractivity contribution in [1.82, 2.24) is 14.3 Å². The van der Waals surface area contributed by atoms with E-state index in [1.165, 1.54) is 37.2 Å². The normalized spacial score (nSPS) is 30.2. The molecule has 0 radical (unpaired) electrons. The van der Waals surface area contributed by atoms with Crippen molar-refractivity contribution in [3.05, 3.63) is 12.0 Å². The molecule has 2 bridgehead atoms. The molecule has 0 saturated carbocycles. The molecular weight excluding hydrogens is 324 g/mol. The van der Waals surface area contributed by atoms with Crippen LogP contribution >= 0.6 is 27.5 Å². The molecule has 2 aliphatic rings. The Labute approximate surface area is 124 Å². The number of hydrogen-bond donors (Lipinski definition) is 0. The molecule has 4 heterocycles. The Morgan fingerprint density at radius 3 is 2.74 bits per heavy atom. The maximum absolute atomic E-state index is 4.60. The second kappa shape index (κ2) is 4.38. The minimum absolute atomic E-state index is 0.625. The van der Waals surface area contributed by atoms with E-state index in [4.69, 9.17) is 0 Å². The topological polar surface area (TPSA) is 41.9 Å². The van der Waals surface area contributed by atoms with Crippen LogP contribution in [-0.4, -0.2) is 31.3 Å². The van der Waals surface area contributed by atoms with Crippen molar-refractivity contribution < 1.29 is 0 Å². The Morgan fingerprint density at radius 1 is 1.26 bits per heavy atom. The second-order valence-corrected chi connectivity index (χ2v) is 7.55. The fraction of sp³-hybridized carbons (Fsp3) is 0.615. The summed E-state index contributed by atoms with van der Waals surface area (Å²) in [6.07, 6.45) is 6.70. The average molecular weight is 339 g/mol. The summed E-state index contributed by atoms with van der Waals surface area (Å²) in [4.78, 5) is 13.2. The van der Waals surface area contributed by atoms with E-state index in [9.17, 15) is 0 Å². The zero-order chi connectivity index (χ0) is 13.0. The zero-order valence-electron chi connectivity index (χ0n) is 10.7. The third-order valence-electron chi connectivity index (χ3n) is 4.34. The van der Waals surface area contributed by atoms with E-state index >= 15 is 0 Å². The highest BCUT2D eigenvalue weighted by Crippen LogP contribution is 2.43. The lowest BCUT2D eigenvalue weighted by Gasteiger charge is -2.38. The van der Waals surface area contributed by atoms with Crippen LogP contribution in [0.2, 0.25) is 0 Å². The molecule has 0 amide bonds. The molecule has 4 rings (SSSR count). The third-order valence-corrected chi connectivity index (χ3v) is 5.94. The summed E-state index contributed by atoms with van der Waals surface area (Å²) in [5.74, 6) is 1.11. The summed E-state index contributed by atoms with van der Waals surface area (Å²) >= 11 is 5.27. The number of alkyl halides is 1. The Kier molecular flexibility index (Phi) is 2.77. The van der Waals surface area contributed by atoms with Gasteiger partial charge in [-0.2, -0.15) is 4.37 Å². The van der Waals surface area contributed by atoms with Gasteiger partial charge in [-0.3, -0.25) is 0 Å². The van der Waals surface area contributed by atoms with Crippen molar-refractivity contribution in [3.8, 4) is 0 Å². The van der Waals surface area contributed by atoms with Crippen LogP contribution in [0.15, 0.2) is 6.33 Å². The van der Waals surface area contributed by atoms with Gasteiger partial charge in [0.15, 0.2) is 0 Å². The van der Waals surface area contributed by atoms with Gasteiger partial charge in [0, 0.05) is 16.9 Å². The van der Waals surface area contributed by atoms with Crippen LogP contribution in [0.1, 0.15) is 31.4 Å². The van der Waals surface area contributed by atoms with Crippen molar-refractivity contribution in [2.45, 2.75) is 49.5 Å². The summed E-state index contributed by atoms with van der Waals surface area (Å²) in [5.41, 5.74) is 1.07. The van der Waals surface area contributed by atoms with E-state index in [1.54, 1.807) is 6.33 Å². The average Bonchev–Trinajstić information content (AvgIpc) is 2.89. The van der Waals surface area contributed by atoms with E-state index in [1.807, 2.05) is 0 Å². The van der Waals surface area contributed by atoms with Crippen LogP contribution in [0.3, 0.4) is 0 Å². The third kappa shape index (κ3) is 1.80. The minimum Gasteiger partial charge on any atom is -0.350 e. The number of halogens is 1. The predicted octanol–water partition coefficient (Wildman–Crippen LogP) is 3.29. The Bertz CT molecular complexity index is 614. The van der Waals surface area contributed by atoms with Crippen LogP contribution in [0.25, 0.3) is 10.2 Å². The van der Waals surface area contributed by atoms with Crippen LogP contribution in [-0.2, 0) is 0 Å². The van der Waals surface area contributed by atoms with E-state index in [-0.39, 0.29) is 0 Å². The molecule has 0 spiro atoms. The van der Waals surface area contributed by atoms with E-state index in [0.29, 0.717) is 16.9 Å². The second-order valence-electron chi connectivity index (χ2n) is 5.51. The fourth-order valence-corrected chi connectivity index (χ4v) is 5.16. The molecule has 2 aromatic rings. The molecule has 0 N–H and O–H groups in total. The minimum atomic E-state index is 0.625. The molecule has 100 valence electrons. The van der Waals surface area contributed by atoms with Gasteiger partial charge in [0.25, 0.3) is 0 Å². The molecule has 0 aliphatic carbocycles. The molecule has 2 aliphatic heterocycles. The molecule has 0 aromatic carbocycles. The first-order valence-corrected chi connectivity index (χ1v) is 8.42. The standard InChI is InChI=1S/C13H15BrN4S/c1-7-11-12(15-6-16-13(11)19-17-7)18-9-2-3-10(18)5-8(14)4-9/h6,8-10H,2-5H2,1H3. The van der Waals surface area contributed by atoms with Gasteiger partial charge in [-0.15, -0.1) is 0 Å². The highest BCUT2D eigenvalue weighted by atomic mass is 79.9. The van der Waals surface area contributed by atoms with Crippen molar-refractivity contribution in [1.29, 1.82) is 0 Å². The van der Waals surface area contributed by atoms with Crippen molar-refractivity contribution >= 4 is 43.5 Å². The van der Waals surface area contributed by atoms with Gasteiger partial charge in [-0.05, 0) is 44.1 Å². The van der Waals surface area contributed by atoms with Crippen LogP contribution in [0.5, 0.6) is 0 Å². The number of piperidine rings is 1. The SMILES string of the molecule is Cc1nsc2ncnc(N3C4CCC3CC(Br)C4)c12. The summed E-state index contributed by atoms with van der Waals surface area (Å²) < 4.78 is 4.44. The Hall–Kier alpha value is -0.750. The van der Waals surface area contributed by atoms with E-state index in [0.717, 1.165) is 21.7 Å². The first kappa shape index (κ1) is 12.0. The van der Waals surface area contributed by atoms with Gasteiger partial charge in [-0.1, -0.05) is 15.9 Å². The largest absolute Gasteiger partial charge is 0.350 e. The molecule has 2 aromatic heterocycles. The fourth-order valence-electron chi connectivity index (χ4n) is 3.56. The Balaban J connectivity index is 1.85. The van der Waals surface area contributed by atoms with Crippen LogP contribution in [0.4, 0.5) is 5.82 Å². The number of aryl methyl sites for hydroxylation is 1. The molecule has 19 heavy (non-hydrogen) atoms. The smallest absolute Gasteiger partial charge is 0.149 e. The molecule has 4 nitrogen and oxygen atoms in total. The van der Waals surface area contributed by atoms with E-state index < -0.39 is 0 Å². The number of rotatable bonds is 1. The molecule has 2 fully saturated rings. The quantitative estimate of drug-likeness (QED) is 0.748. The van der Waals surface area contributed by atoms with Gasteiger partial charge in [-0.25, -0.2) is 9.97 Å². The van der Waals surface area contributed by atoms with Gasteiger partial charge in [0.1, 0.15) is 17.0 Å². The van der Waals surface area contributed by atoms with Gasteiger partial charge in [0.2, 0.25) is 0 Å². The maximum atomic E-state index is 4.60. The van der Waals surface area contributed by atoms with Crippen molar-refractivity contribution in [2.24, 2.45) is 0 Å². The number of anilines is 1. The van der Waals surface area contributed by atoms with Crippen LogP contribution < -0.4 is 4.90 Å². The first-order chi connectivity index (χ1) is 9.24. The first-order valence-electron chi connectivity index (χ1n) is 6.73. The number of aromatic nitrogens is 3. The zero-order valence-corrected chi connectivity index (χ0v) is 13.1. The molecular formula is C13H15BrN4S. The lowest BCUT2D eigenvalue weighted by molar-refractivity contribution is 0.480. The van der Waals surface area contributed by atoms with Crippen LogP contribution in [0, 0.1) is 6.92 Å². The number of nitrogens with zero attached hydrogens (tertiary/aromatic N) is 4. The lowest BCUT2D eigenvalue weighted by atomic mass is 10.0. The highest BCUT2D eigenvalue weighted by molar-refractivity contribution is 9.09. The summed E-state index contributed by atoms with van der Waals surface area (Å²) in [6, 6.07) is 1.25. The van der Waals surface area contributed by atoms with E-state index in [2.05, 4.69) is 42.1 Å². The van der Waals surface area contributed by atoms with Gasteiger partial charge >= 0.3 is 0 Å². The van der Waals surface area contributed by atoms with Crippen molar-refractivity contribution in [3.63, 3.8) is 0 Å². The monoisotopic (exact) mass is 338 g/mol. The lowest BCUT2D eigenvalue weighted by Crippen LogP contribution is -2.43. The predicted molar refractivity (Wildman–Crippen MR) is 81.2 cm³/mol. The highest BCUT2D eigenvalue weighted by Gasteiger charge is 2.41. The van der Waals surface area contributed by atoms with Crippen molar-refractivity contribution in [2.75, 3.05) is 4.90 Å². The molecule has 2 unspecified atom stereocenters. The molecule has 6 heteroatoms. The summed E-state index contributed by atoms with van der Waals surface area (Å²) in [6.45, 7) is 2.06. The molecule has 2 atom stereocenters. The summed E-state index contributed by atoms with van der Waals surface area (Å²) in [5, 5.41) is 1.16. The molecule has 2 saturated heterocycles. The van der Waals surface area contributed by atoms with Gasteiger partial charge in [0.05, 0.1) is 11.1 Å². The number of hydrogen-bond acceptors (Lipinski definition) is 5. The Morgan fingerprint density at radius 2 is 2.00 bits per heavy atom. The van der Waals surface area contributed by atoms with Gasteiger partial charge < -0.3 is 4.90 Å².